The van der Waals surface area contributed by atoms with Gasteiger partial charge in [-0.15, -0.1) is 0 Å². The number of carbonyl (C=O) groups is 2. The van der Waals surface area contributed by atoms with Crippen LogP contribution in [0, 0.1) is 5.41 Å². The zero-order valence-corrected chi connectivity index (χ0v) is 22.1. The van der Waals surface area contributed by atoms with E-state index < -0.39 is 66.2 Å². The number of imide groups is 1. The van der Waals surface area contributed by atoms with Gasteiger partial charge in [-0.2, -0.15) is 0 Å². The van der Waals surface area contributed by atoms with Gasteiger partial charge in [0.1, 0.15) is 29.2 Å². The number of nitrogens with zero attached hydrogens (tertiary/aromatic N) is 6. The molecule has 40 heavy (non-hydrogen) atoms. The fourth-order valence-electron chi connectivity index (χ4n) is 6.42. The number of ether oxygens (including phenoxy) is 1. The van der Waals surface area contributed by atoms with E-state index in [0.29, 0.717) is 11.2 Å². The Bertz CT molecular complexity index is 1510. The van der Waals surface area contributed by atoms with Gasteiger partial charge in [-0.25, -0.2) is 23.7 Å². The second-order valence-corrected chi connectivity index (χ2v) is 11.3. The number of nitrogen functional groups attached to an aromatic ring is 1. The Morgan fingerprint density at radius 1 is 1.10 bits per heavy atom. The van der Waals surface area contributed by atoms with Crippen molar-refractivity contribution in [1.29, 1.82) is 0 Å². The molecule has 1 aromatic carbocycles. The summed E-state index contributed by atoms with van der Waals surface area (Å²) < 4.78 is 37.6. The van der Waals surface area contributed by atoms with Gasteiger partial charge in [0.05, 0.1) is 24.0 Å². The number of nitrogens with two attached hydrogens (primary N) is 1. The number of amides is 2. The second-order valence-electron chi connectivity index (χ2n) is 11.3. The van der Waals surface area contributed by atoms with Gasteiger partial charge in [0.2, 0.25) is 0 Å². The lowest BCUT2D eigenvalue weighted by molar-refractivity contribution is -0.122. The van der Waals surface area contributed by atoms with Crippen molar-refractivity contribution in [3.05, 3.63) is 48.0 Å². The zero-order valence-electron chi connectivity index (χ0n) is 22.1. The van der Waals surface area contributed by atoms with Gasteiger partial charge in [-0.05, 0) is 19.2 Å². The van der Waals surface area contributed by atoms with E-state index in [1.807, 2.05) is 0 Å². The summed E-state index contributed by atoms with van der Waals surface area (Å²) in [7, 11) is 1.45. The maximum Gasteiger partial charge on any atom is 0.262 e. The van der Waals surface area contributed by atoms with Crippen LogP contribution in [-0.2, 0) is 4.74 Å². The van der Waals surface area contributed by atoms with Gasteiger partial charge in [-0.1, -0.05) is 26.0 Å². The number of carbonyl (C=O) groups excluding carboxylic acids is 2. The van der Waals surface area contributed by atoms with Crippen LogP contribution in [0.3, 0.4) is 0 Å². The van der Waals surface area contributed by atoms with Crippen molar-refractivity contribution >= 4 is 28.8 Å². The minimum Gasteiger partial charge on any atom is -0.383 e. The average Bonchev–Trinajstić information content (AvgIpc) is 3.33. The van der Waals surface area contributed by atoms with Crippen LogP contribution >= 0.6 is 0 Å². The van der Waals surface area contributed by atoms with E-state index in [4.69, 9.17) is 10.5 Å². The van der Waals surface area contributed by atoms with Crippen LogP contribution in [0.1, 0.15) is 47.2 Å². The molecule has 4 heterocycles. The molecule has 2 aromatic heterocycles. The molecule has 3 aromatic rings. The Morgan fingerprint density at radius 2 is 1.75 bits per heavy atom. The third-order valence-corrected chi connectivity index (χ3v) is 8.74. The maximum atomic E-state index is 15.0. The molecule has 3 aliphatic rings. The summed E-state index contributed by atoms with van der Waals surface area (Å²) in [6, 6.07) is 6.22. The summed E-state index contributed by atoms with van der Waals surface area (Å²) in [4.78, 5) is 39.5. The minimum absolute atomic E-state index is 0.134. The number of imidazole rings is 1. The summed E-state index contributed by atoms with van der Waals surface area (Å²) in [5.41, 5.74) is 2.34. The molecule has 0 bridgehead atoms. The van der Waals surface area contributed by atoms with Gasteiger partial charge in [0.15, 0.2) is 17.7 Å². The number of fused-ring (bicyclic) bond motifs is 3. The molecule has 0 unspecified atom stereocenters. The number of hydrogen-bond donors (Lipinski definition) is 3. The van der Waals surface area contributed by atoms with E-state index in [1.165, 1.54) is 41.3 Å². The molecule has 2 aliphatic heterocycles. The van der Waals surface area contributed by atoms with Crippen molar-refractivity contribution in [2.24, 2.45) is 5.41 Å². The van der Waals surface area contributed by atoms with Gasteiger partial charge in [-0.3, -0.25) is 24.0 Å². The summed E-state index contributed by atoms with van der Waals surface area (Å²) in [6.45, 7) is 2.05. The first-order valence-electron chi connectivity index (χ1n) is 12.8. The number of aliphatic hydroxyl groups is 2. The fourth-order valence-corrected chi connectivity index (χ4v) is 6.42. The molecule has 4 N–H and O–H groups in total. The van der Waals surface area contributed by atoms with Crippen molar-refractivity contribution in [1.82, 2.24) is 29.3 Å². The van der Waals surface area contributed by atoms with Crippen molar-refractivity contribution < 1.29 is 33.3 Å². The standard InChI is InChI=1S/C26H29F2N7O5/c1-23(2)25(38)16(40-22(26(23,25)39)35-13-32-17-18(29)30-12-31-19(17)35)10-33(3)11-24(27,28)8-9-34-20(36)14-6-4-5-7-15(14)21(34)37/h4-7,12-13,16,22,38-39H,8-11H2,1-3H3,(H2,29,30,31)/t16-,22-,25+,26-/m1/s1. The molecule has 0 spiro atoms. The Kier molecular flexibility index (Phi) is 5.63. The van der Waals surface area contributed by atoms with Gasteiger partial charge < -0.3 is 20.7 Å². The highest BCUT2D eigenvalue weighted by Gasteiger charge is 2.92. The highest BCUT2D eigenvalue weighted by Crippen LogP contribution is 2.75. The number of benzene rings is 1. The second kappa shape index (κ2) is 8.46. The number of alkyl halides is 2. The molecule has 12 nitrogen and oxygen atoms in total. The molecule has 0 radical (unpaired) electrons. The van der Waals surface area contributed by atoms with E-state index >= 15 is 8.78 Å². The lowest BCUT2D eigenvalue weighted by Crippen LogP contribution is -2.46. The van der Waals surface area contributed by atoms with Gasteiger partial charge in [0, 0.05) is 24.9 Å². The molecule has 4 atom stereocenters. The van der Waals surface area contributed by atoms with Crippen LogP contribution in [0.25, 0.3) is 11.2 Å². The highest BCUT2D eigenvalue weighted by molar-refractivity contribution is 6.21. The number of hydrogen-bond acceptors (Lipinski definition) is 10. The van der Waals surface area contributed by atoms with Crippen LogP contribution in [-0.4, -0.2) is 101 Å². The smallest absolute Gasteiger partial charge is 0.262 e. The summed E-state index contributed by atoms with van der Waals surface area (Å²) in [5.74, 6) is -4.31. The first-order chi connectivity index (χ1) is 18.7. The average molecular weight is 558 g/mol. The molecule has 212 valence electrons. The van der Waals surface area contributed by atoms with Crippen molar-refractivity contribution in [3.63, 3.8) is 0 Å². The van der Waals surface area contributed by atoms with Crippen LogP contribution < -0.4 is 5.73 Å². The van der Waals surface area contributed by atoms with E-state index in [0.717, 1.165) is 4.90 Å². The lowest BCUT2D eigenvalue weighted by Gasteiger charge is -2.31. The first kappa shape index (κ1) is 26.6. The molecule has 6 rings (SSSR count). The first-order valence-corrected chi connectivity index (χ1v) is 12.8. The molecule has 1 saturated heterocycles. The summed E-state index contributed by atoms with van der Waals surface area (Å²) in [5, 5.41) is 23.2. The van der Waals surface area contributed by atoms with Crippen molar-refractivity contribution in [2.45, 2.75) is 49.7 Å². The monoisotopic (exact) mass is 557 g/mol. The Balaban J connectivity index is 1.15. The lowest BCUT2D eigenvalue weighted by atomic mass is 10.0. The molecule has 2 fully saturated rings. The van der Waals surface area contributed by atoms with Crippen LogP contribution in [0.4, 0.5) is 14.6 Å². The molecular weight excluding hydrogens is 528 g/mol. The van der Waals surface area contributed by atoms with E-state index in [1.54, 1.807) is 26.0 Å². The quantitative estimate of drug-likeness (QED) is 0.342. The highest BCUT2D eigenvalue weighted by atomic mass is 19.3. The van der Waals surface area contributed by atoms with Crippen LogP contribution in [0.5, 0.6) is 0 Å². The molecule has 14 heteroatoms. The van der Waals surface area contributed by atoms with Gasteiger partial charge in [0.25, 0.3) is 17.7 Å². The minimum atomic E-state index is -3.27. The van der Waals surface area contributed by atoms with E-state index in [9.17, 15) is 19.8 Å². The number of anilines is 1. The van der Waals surface area contributed by atoms with Crippen LogP contribution in [0.2, 0.25) is 0 Å². The SMILES string of the molecule is CN(C[C@H]1O[C@@H](n2cnc3c(N)ncnc32)[C@@]2(O)C(C)(C)[C@@]12O)CC(F)(F)CCN1C(=O)c2ccccc2C1=O. The Labute approximate surface area is 227 Å². The largest absolute Gasteiger partial charge is 0.383 e. The van der Waals surface area contributed by atoms with Crippen molar-refractivity contribution in [3.8, 4) is 0 Å². The third kappa shape index (κ3) is 3.39. The predicted molar refractivity (Wildman–Crippen MR) is 136 cm³/mol. The summed E-state index contributed by atoms with van der Waals surface area (Å²) >= 11 is 0. The van der Waals surface area contributed by atoms with Crippen molar-refractivity contribution in [2.75, 3.05) is 32.4 Å². The fraction of sp³-hybridized carbons (Fsp3) is 0.500. The van der Waals surface area contributed by atoms with Crippen LogP contribution in [0.15, 0.2) is 36.9 Å². The Hall–Kier alpha value is -3.59. The van der Waals surface area contributed by atoms with Gasteiger partial charge >= 0.3 is 0 Å². The normalized spacial score (nSPS) is 28.9. The molecule has 1 saturated carbocycles. The molecular formula is C26H29F2N7O5. The zero-order chi connectivity index (χ0) is 28.8. The maximum absolute atomic E-state index is 15.0. The topological polar surface area (TPSA) is 160 Å². The number of likely N-dealkylation sites (N-methyl/N-ethyl adjacent to an activating group) is 1. The number of rotatable bonds is 8. The molecule has 1 aliphatic carbocycles. The van der Waals surface area contributed by atoms with E-state index in [2.05, 4.69) is 15.0 Å². The predicted octanol–water partition coefficient (Wildman–Crippen LogP) is 1.06. The molecule has 2 amide bonds. The van der Waals surface area contributed by atoms with E-state index in [-0.39, 0.29) is 23.5 Å². The number of aromatic nitrogens is 4. The summed E-state index contributed by atoms with van der Waals surface area (Å²) in [6.07, 6.45) is -0.259. The third-order valence-electron chi connectivity index (χ3n) is 8.74. The Morgan fingerprint density at radius 3 is 2.40 bits per heavy atom. The number of halogens is 2.